The summed E-state index contributed by atoms with van der Waals surface area (Å²) in [6, 6.07) is 0. The molecule has 0 spiro atoms. The molecule has 8 heteroatoms. The third-order valence-electron chi connectivity index (χ3n) is 6.58. The molecular formula is C22H37N3O5. The monoisotopic (exact) mass is 423 g/mol. The molecule has 1 aromatic rings. The van der Waals surface area contributed by atoms with E-state index in [0.717, 1.165) is 12.8 Å². The van der Waals surface area contributed by atoms with Gasteiger partial charge in [0.1, 0.15) is 6.61 Å². The number of hydrogen-bond donors (Lipinski definition) is 2. The van der Waals surface area contributed by atoms with Gasteiger partial charge in [-0.3, -0.25) is 9.59 Å². The van der Waals surface area contributed by atoms with E-state index in [-0.39, 0.29) is 36.8 Å². The van der Waals surface area contributed by atoms with Crippen LogP contribution in [0.2, 0.25) is 0 Å². The van der Waals surface area contributed by atoms with Gasteiger partial charge in [-0.2, -0.15) is 4.98 Å². The van der Waals surface area contributed by atoms with Crippen LogP contribution in [0.25, 0.3) is 0 Å². The van der Waals surface area contributed by atoms with E-state index in [2.05, 4.69) is 36.2 Å². The van der Waals surface area contributed by atoms with Crippen molar-refractivity contribution in [2.24, 2.45) is 10.8 Å². The molecule has 0 aromatic carbocycles. The van der Waals surface area contributed by atoms with Gasteiger partial charge in [0.2, 0.25) is 11.8 Å². The summed E-state index contributed by atoms with van der Waals surface area (Å²) < 4.78 is 10.1. The van der Waals surface area contributed by atoms with Crippen LogP contribution in [-0.4, -0.2) is 40.8 Å². The van der Waals surface area contributed by atoms with E-state index in [1.165, 1.54) is 39.2 Å². The zero-order valence-corrected chi connectivity index (χ0v) is 18.8. The smallest absolute Gasteiger partial charge is 0.304 e. The van der Waals surface area contributed by atoms with Gasteiger partial charge in [-0.25, -0.2) is 0 Å². The molecule has 1 aromatic heterocycles. The molecule has 0 bridgehead atoms. The third-order valence-corrected chi connectivity index (χ3v) is 6.58. The number of methoxy groups -OCH3 is 1. The number of ether oxygens (including phenoxy) is 1. The zero-order valence-electron chi connectivity index (χ0n) is 18.8. The maximum absolute atomic E-state index is 11.5. The molecule has 1 fully saturated rings. The first-order valence-electron chi connectivity index (χ1n) is 11.0. The van der Waals surface area contributed by atoms with Gasteiger partial charge in [-0.1, -0.05) is 51.6 Å². The minimum atomic E-state index is -0.878. The minimum absolute atomic E-state index is 0.0398. The number of nitrogens with zero attached hydrogens (tertiary/aromatic N) is 2. The lowest BCUT2D eigenvalue weighted by atomic mass is 9.57. The van der Waals surface area contributed by atoms with Crippen LogP contribution in [0.3, 0.4) is 0 Å². The van der Waals surface area contributed by atoms with Crippen molar-refractivity contribution in [2.75, 3.05) is 13.7 Å². The molecule has 0 radical (unpaired) electrons. The van der Waals surface area contributed by atoms with E-state index in [4.69, 9.17) is 9.26 Å². The lowest BCUT2D eigenvalue weighted by molar-refractivity contribution is -0.137. The molecule has 0 unspecified atom stereocenters. The van der Waals surface area contributed by atoms with Crippen LogP contribution in [0.5, 0.6) is 0 Å². The van der Waals surface area contributed by atoms with Crippen LogP contribution >= 0.6 is 0 Å². The molecular weight excluding hydrogens is 386 g/mol. The van der Waals surface area contributed by atoms with E-state index in [1.54, 1.807) is 0 Å². The largest absolute Gasteiger partial charge is 0.481 e. The quantitative estimate of drug-likeness (QED) is 0.551. The Morgan fingerprint density at radius 2 is 1.97 bits per heavy atom. The number of carbonyl (C=O) groups excluding carboxylic acids is 1. The second-order valence-electron chi connectivity index (χ2n) is 9.54. The molecule has 1 aliphatic carbocycles. The summed E-state index contributed by atoms with van der Waals surface area (Å²) in [7, 11) is 1.44. The Balaban J connectivity index is 1.99. The summed E-state index contributed by atoms with van der Waals surface area (Å²) in [5.74, 6) is -0.800. The van der Waals surface area contributed by atoms with Crippen LogP contribution in [-0.2, 0) is 20.9 Å². The molecule has 8 nitrogen and oxygen atoms in total. The highest BCUT2D eigenvalue weighted by atomic mass is 16.5. The second-order valence-corrected chi connectivity index (χ2v) is 9.54. The van der Waals surface area contributed by atoms with E-state index in [1.807, 2.05) is 0 Å². The summed E-state index contributed by atoms with van der Waals surface area (Å²) >= 11 is 0. The van der Waals surface area contributed by atoms with Crippen molar-refractivity contribution in [1.82, 2.24) is 15.5 Å². The van der Waals surface area contributed by atoms with Crippen molar-refractivity contribution in [3.05, 3.63) is 11.7 Å². The molecule has 2 rings (SSSR count). The first-order valence-corrected chi connectivity index (χ1v) is 11.0. The standard InChI is InChI=1S/C22H37N3O5/c1-21(2,3)22(10-6-5-7-11-22)12-8-9-16(13-19(27)28)20-24-17(25-30-20)14-23-18(26)15-29-4/h16H,5-15H2,1-4H3,(H,23,26)(H,27,28)/t16-/m1/s1. The van der Waals surface area contributed by atoms with Gasteiger partial charge < -0.3 is 19.7 Å². The Bertz CT molecular complexity index is 689. The lowest BCUT2D eigenvalue weighted by Crippen LogP contribution is -2.37. The topological polar surface area (TPSA) is 115 Å². The van der Waals surface area contributed by atoms with Crippen LogP contribution in [0.1, 0.15) is 96.2 Å². The fraction of sp³-hybridized carbons (Fsp3) is 0.818. The van der Waals surface area contributed by atoms with E-state index in [9.17, 15) is 14.7 Å². The molecule has 1 amide bonds. The van der Waals surface area contributed by atoms with Crippen molar-refractivity contribution in [2.45, 2.75) is 91.0 Å². The Kier molecular flexibility index (Phi) is 8.82. The maximum atomic E-state index is 11.5. The first kappa shape index (κ1) is 24.3. The number of rotatable bonds is 11. The highest BCUT2D eigenvalue weighted by molar-refractivity contribution is 5.77. The van der Waals surface area contributed by atoms with Crippen LogP contribution in [0.15, 0.2) is 4.52 Å². The number of carboxylic acids is 1. The predicted octanol–water partition coefficient (Wildman–Crippen LogP) is 4.06. The Morgan fingerprint density at radius 1 is 1.27 bits per heavy atom. The van der Waals surface area contributed by atoms with Crippen LogP contribution in [0.4, 0.5) is 0 Å². The summed E-state index contributed by atoms with van der Waals surface area (Å²) in [5.41, 5.74) is 0.540. The maximum Gasteiger partial charge on any atom is 0.304 e. The molecule has 30 heavy (non-hydrogen) atoms. The number of nitrogens with one attached hydrogen (secondary N) is 1. The van der Waals surface area contributed by atoms with Gasteiger partial charge >= 0.3 is 5.97 Å². The van der Waals surface area contributed by atoms with Crippen LogP contribution in [0, 0.1) is 10.8 Å². The molecule has 1 heterocycles. The number of amides is 1. The van der Waals surface area contributed by atoms with Gasteiger partial charge in [0.15, 0.2) is 5.82 Å². The number of carbonyl (C=O) groups is 2. The van der Waals surface area contributed by atoms with Crippen molar-refractivity contribution >= 4 is 11.9 Å². The number of carboxylic acid groups (broad SMARTS) is 1. The first-order chi connectivity index (χ1) is 14.2. The van der Waals surface area contributed by atoms with Crippen molar-refractivity contribution < 1.29 is 24.0 Å². The fourth-order valence-corrected chi connectivity index (χ4v) is 4.68. The number of aliphatic carboxylic acids is 1. The van der Waals surface area contributed by atoms with Crippen LogP contribution < -0.4 is 5.32 Å². The Morgan fingerprint density at radius 3 is 2.57 bits per heavy atom. The third kappa shape index (κ3) is 6.79. The summed E-state index contributed by atoms with van der Waals surface area (Å²) in [5, 5.41) is 15.9. The number of hydrogen-bond acceptors (Lipinski definition) is 6. The van der Waals surface area contributed by atoms with E-state index >= 15 is 0 Å². The molecule has 0 saturated heterocycles. The highest BCUT2D eigenvalue weighted by Gasteiger charge is 2.41. The number of aromatic nitrogens is 2. The van der Waals surface area contributed by atoms with Gasteiger partial charge in [0.25, 0.3) is 0 Å². The fourth-order valence-electron chi connectivity index (χ4n) is 4.68. The highest BCUT2D eigenvalue weighted by Crippen LogP contribution is 2.53. The van der Waals surface area contributed by atoms with Gasteiger partial charge in [0.05, 0.1) is 13.0 Å². The van der Waals surface area contributed by atoms with Crippen molar-refractivity contribution in [3.8, 4) is 0 Å². The predicted molar refractivity (Wildman–Crippen MR) is 112 cm³/mol. The van der Waals surface area contributed by atoms with Gasteiger partial charge in [-0.15, -0.1) is 0 Å². The van der Waals surface area contributed by atoms with Crippen molar-refractivity contribution in [3.63, 3.8) is 0 Å². The van der Waals surface area contributed by atoms with Crippen molar-refractivity contribution in [1.29, 1.82) is 0 Å². The molecule has 170 valence electrons. The summed E-state index contributed by atoms with van der Waals surface area (Å²) in [6.07, 6.45) is 9.01. The SMILES string of the molecule is COCC(=O)NCc1noc([C@H](CCCC2(C(C)(C)C)CCCCC2)CC(=O)O)n1. The summed E-state index contributed by atoms with van der Waals surface area (Å²) in [6.45, 7) is 7.07. The molecule has 0 aliphatic heterocycles. The molecule has 1 atom stereocenters. The minimum Gasteiger partial charge on any atom is -0.481 e. The Hall–Kier alpha value is -1.96. The summed E-state index contributed by atoms with van der Waals surface area (Å²) in [4.78, 5) is 27.2. The van der Waals surface area contributed by atoms with Gasteiger partial charge in [0, 0.05) is 13.0 Å². The van der Waals surface area contributed by atoms with E-state index in [0.29, 0.717) is 23.6 Å². The van der Waals surface area contributed by atoms with E-state index < -0.39 is 5.97 Å². The molecule has 2 N–H and O–H groups in total. The Labute approximate surface area is 179 Å². The normalized spacial score (nSPS) is 17.5. The van der Waals surface area contributed by atoms with Gasteiger partial charge in [-0.05, 0) is 36.5 Å². The zero-order chi connectivity index (χ0) is 22.2. The molecule has 1 saturated carbocycles. The average molecular weight is 424 g/mol. The second kappa shape index (κ2) is 10.9. The molecule has 1 aliphatic rings. The average Bonchev–Trinajstić information content (AvgIpc) is 3.14. The lowest BCUT2D eigenvalue weighted by Gasteiger charge is -2.48.